The molecule has 3 rings (SSSR count). The van der Waals surface area contributed by atoms with Gasteiger partial charge in [-0.05, 0) is 32.4 Å². The molecule has 0 bridgehead atoms. The van der Waals surface area contributed by atoms with Crippen LogP contribution in [0.2, 0.25) is 0 Å². The number of hydrogen-bond donors (Lipinski definition) is 3. The van der Waals surface area contributed by atoms with Crippen molar-refractivity contribution in [1.29, 1.82) is 0 Å². The molecule has 0 saturated heterocycles. The summed E-state index contributed by atoms with van der Waals surface area (Å²) in [6.45, 7) is 6.01. The summed E-state index contributed by atoms with van der Waals surface area (Å²) < 4.78 is 0. The first-order chi connectivity index (χ1) is 11.8. The van der Waals surface area contributed by atoms with Gasteiger partial charge in [0.1, 0.15) is 10.7 Å². The molecule has 25 heavy (non-hydrogen) atoms. The molecular formula is C16H17N5O3S. The molecule has 3 heterocycles. The zero-order valence-electron chi connectivity index (χ0n) is 14.0. The van der Waals surface area contributed by atoms with E-state index in [0.29, 0.717) is 29.9 Å². The second-order valence-corrected chi connectivity index (χ2v) is 6.88. The Balaban J connectivity index is 1.75. The Bertz CT molecular complexity index is 1020. The minimum absolute atomic E-state index is 0.0625. The maximum atomic E-state index is 12.2. The first-order valence-electron chi connectivity index (χ1n) is 7.67. The molecule has 0 atom stereocenters. The number of carboxylic acid groups (broad SMARTS) is 1. The fraction of sp³-hybridized carbons (Fsp3) is 0.312. The number of aromatic carboxylic acids is 1. The van der Waals surface area contributed by atoms with Gasteiger partial charge in [-0.1, -0.05) is 0 Å². The van der Waals surface area contributed by atoms with Crippen LogP contribution in [-0.2, 0) is 6.42 Å². The van der Waals surface area contributed by atoms with Crippen molar-refractivity contribution in [1.82, 2.24) is 19.9 Å². The van der Waals surface area contributed by atoms with Crippen molar-refractivity contribution >= 4 is 33.5 Å². The van der Waals surface area contributed by atoms with Gasteiger partial charge in [0.2, 0.25) is 5.95 Å². The smallest absolute Gasteiger partial charge is 0.354 e. The Morgan fingerprint density at radius 1 is 1.28 bits per heavy atom. The molecule has 0 unspecified atom stereocenters. The maximum Gasteiger partial charge on any atom is 0.354 e. The van der Waals surface area contributed by atoms with E-state index in [1.807, 2.05) is 13.8 Å². The van der Waals surface area contributed by atoms with E-state index in [0.717, 1.165) is 15.3 Å². The van der Waals surface area contributed by atoms with Gasteiger partial charge in [-0.2, -0.15) is 0 Å². The van der Waals surface area contributed by atoms with Crippen LogP contribution in [0.5, 0.6) is 0 Å². The minimum Gasteiger partial charge on any atom is -0.477 e. The van der Waals surface area contributed by atoms with Crippen molar-refractivity contribution in [3.05, 3.63) is 44.1 Å². The molecule has 3 aromatic heterocycles. The lowest BCUT2D eigenvalue weighted by Gasteiger charge is -2.06. The normalized spacial score (nSPS) is 11.0. The van der Waals surface area contributed by atoms with Gasteiger partial charge in [-0.3, -0.25) is 4.79 Å². The first-order valence-corrected chi connectivity index (χ1v) is 8.48. The van der Waals surface area contributed by atoms with E-state index >= 15 is 0 Å². The zero-order valence-corrected chi connectivity index (χ0v) is 14.8. The lowest BCUT2D eigenvalue weighted by Crippen LogP contribution is -2.16. The Morgan fingerprint density at radius 2 is 2.04 bits per heavy atom. The van der Waals surface area contributed by atoms with Crippen molar-refractivity contribution in [2.45, 2.75) is 27.2 Å². The van der Waals surface area contributed by atoms with Gasteiger partial charge in [0.15, 0.2) is 5.69 Å². The maximum absolute atomic E-state index is 12.2. The van der Waals surface area contributed by atoms with Crippen LogP contribution in [0.15, 0.2) is 10.9 Å². The Hall–Kier alpha value is -2.81. The van der Waals surface area contributed by atoms with E-state index < -0.39 is 5.97 Å². The van der Waals surface area contributed by atoms with Crippen LogP contribution in [0.25, 0.3) is 10.2 Å². The molecule has 0 aromatic carbocycles. The Kier molecular flexibility index (Phi) is 4.49. The summed E-state index contributed by atoms with van der Waals surface area (Å²) in [6, 6.07) is 1.40. The molecule has 8 nitrogen and oxygen atoms in total. The lowest BCUT2D eigenvalue weighted by atomic mass is 10.2. The average Bonchev–Trinajstić information content (AvgIpc) is 2.81. The van der Waals surface area contributed by atoms with Gasteiger partial charge < -0.3 is 15.4 Å². The Labute approximate surface area is 147 Å². The van der Waals surface area contributed by atoms with E-state index in [-0.39, 0.29) is 17.2 Å². The number of anilines is 1. The van der Waals surface area contributed by atoms with Crippen LogP contribution in [-0.4, -0.2) is 37.6 Å². The zero-order chi connectivity index (χ0) is 18.1. The highest BCUT2D eigenvalue weighted by molar-refractivity contribution is 7.18. The molecule has 0 aliphatic carbocycles. The monoisotopic (exact) mass is 359 g/mol. The number of rotatable bonds is 5. The second-order valence-electron chi connectivity index (χ2n) is 5.68. The van der Waals surface area contributed by atoms with Crippen molar-refractivity contribution in [2.24, 2.45) is 0 Å². The van der Waals surface area contributed by atoms with E-state index in [2.05, 4.69) is 25.3 Å². The number of aromatic amines is 1. The van der Waals surface area contributed by atoms with Crippen molar-refractivity contribution in [3.63, 3.8) is 0 Å². The molecule has 0 saturated carbocycles. The fourth-order valence-electron chi connectivity index (χ4n) is 2.47. The highest BCUT2D eigenvalue weighted by atomic mass is 32.1. The standard InChI is InChI=1S/C16H17N5O3S/c1-7-6-10(15(23)24)19-16(18-7)17-5-4-11-20-13(22)12-8(2)9(3)25-14(12)21-11/h6H,4-5H2,1-3H3,(H,23,24)(H,17,18,19)(H,20,21,22). The molecule has 9 heteroatoms. The summed E-state index contributed by atoms with van der Waals surface area (Å²) in [6.07, 6.45) is 0.459. The summed E-state index contributed by atoms with van der Waals surface area (Å²) in [5.41, 5.74) is 1.33. The van der Waals surface area contributed by atoms with Crippen molar-refractivity contribution in [2.75, 3.05) is 11.9 Å². The van der Waals surface area contributed by atoms with E-state index in [1.165, 1.54) is 17.4 Å². The predicted octanol–water partition coefficient (Wildman–Crippen LogP) is 2.05. The van der Waals surface area contributed by atoms with Gasteiger partial charge in [0, 0.05) is 23.5 Å². The number of hydrogen-bond acceptors (Lipinski definition) is 7. The third kappa shape index (κ3) is 3.50. The average molecular weight is 359 g/mol. The number of carboxylic acids is 1. The number of H-pyrrole nitrogens is 1. The number of aryl methyl sites for hydroxylation is 3. The van der Waals surface area contributed by atoms with Crippen molar-refractivity contribution in [3.8, 4) is 0 Å². The van der Waals surface area contributed by atoms with Gasteiger partial charge >= 0.3 is 5.97 Å². The van der Waals surface area contributed by atoms with E-state index in [9.17, 15) is 9.59 Å². The summed E-state index contributed by atoms with van der Waals surface area (Å²) in [5.74, 6) is -0.297. The summed E-state index contributed by atoms with van der Waals surface area (Å²) in [4.78, 5) is 40.5. The quantitative estimate of drug-likeness (QED) is 0.637. The molecule has 0 fully saturated rings. The van der Waals surface area contributed by atoms with Gasteiger partial charge in [-0.25, -0.2) is 19.7 Å². The van der Waals surface area contributed by atoms with Gasteiger partial charge in [0.05, 0.1) is 5.39 Å². The fourth-order valence-corrected chi connectivity index (χ4v) is 3.52. The number of thiophene rings is 1. The van der Waals surface area contributed by atoms with Crippen molar-refractivity contribution < 1.29 is 9.90 Å². The number of carbonyl (C=O) groups is 1. The lowest BCUT2D eigenvalue weighted by molar-refractivity contribution is 0.0690. The third-order valence-corrected chi connectivity index (χ3v) is 4.91. The topological polar surface area (TPSA) is 121 Å². The number of aromatic nitrogens is 4. The molecule has 0 aliphatic heterocycles. The highest BCUT2D eigenvalue weighted by Crippen LogP contribution is 2.25. The van der Waals surface area contributed by atoms with Crippen LogP contribution in [0.3, 0.4) is 0 Å². The minimum atomic E-state index is -1.10. The number of fused-ring (bicyclic) bond motifs is 1. The molecule has 3 N–H and O–H groups in total. The molecule has 0 radical (unpaired) electrons. The molecule has 0 amide bonds. The van der Waals surface area contributed by atoms with Crippen LogP contribution < -0.4 is 10.9 Å². The largest absolute Gasteiger partial charge is 0.477 e. The summed E-state index contributed by atoms with van der Waals surface area (Å²) in [5, 5.41) is 12.6. The summed E-state index contributed by atoms with van der Waals surface area (Å²) in [7, 11) is 0. The Morgan fingerprint density at radius 3 is 2.76 bits per heavy atom. The second kappa shape index (κ2) is 6.60. The molecule has 0 aliphatic rings. The predicted molar refractivity (Wildman–Crippen MR) is 95.6 cm³/mol. The SMILES string of the molecule is Cc1cc(C(=O)O)nc(NCCc2nc3sc(C)c(C)c3c(=O)[nH]2)n1. The number of nitrogens with one attached hydrogen (secondary N) is 2. The van der Waals surface area contributed by atoms with Gasteiger partial charge in [0.25, 0.3) is 5.56 Å². The molecule has 3 aromatic rings. The van der Waals surface area contributed by atoms with E-state index in [4.69, 9.17) is 5.11 Å². The molecule has 130 valence electrons. The van der Waals surface area contributed by atoms with Crippen LogP contribution >= 0.6 is 11.3 Å². The van der Waals surface area contributed by atoms with Crippen LogP contribution in [0.1, 0.15) is 32.4 Å². The highest BCUT2D eigenvalue weighted by Gasteiger charge is 2.12. The molecule has 0 spiro atoms. The third-order valence-electron chi connectivity index (χ3n) is 3.81. The van der Waals surface area contributed by atoms with Crippen LogP contribution in [0.4, 0.5) is 5.95 Å². The number of nitrogens with zero attached hydrogens (tertiary/aromatic N) is 3. The summed E-state index contributed by atoms with van der Waals surface area (Å²) >= 11 is 1.50. The van der Waals surface area contributed by atoms with E-state index in [1.54, 1.807) is 6.92 Å². The molecular weight excluding hydrogens is 342 g/mol. The first kappa shape index (κ1) is 17.0. The van der Waals surface area contributed by atoms with Gasteiger partial charge in [-0.15, -0.1) is 11.3 Å². The van der Waals surface area contributed by atoms with Crippen LogP contribution in [0, 0.1) is 20.8 Å².